The van der Waals surface area contributed by atoms with Crippen LogP contribution in [-0.4, -0.2) is 24.0 Å². The number of hydrogen-bond acceptors (Lipinski definition) is 2. The Balaban J connectivity index is 2.24. The molecule has 3 heteroatoms. The summed E-state index contributed by atoms with van der Waals surface area (Å²) in [6, 6.07) is 8.97. The lowest BCUT2D eigenvalue weighted by molar-refractivity contribution is 0.182. The van der Waals surface area contributed by atoms with Crippen LogP contribution in [0.25, 0.3) is 0 Å². The van der Waals surface area contributed by atoms with Crippen molar-refractivity contribution in [1.82, 2.24) is 4.90 Å². The summed E-state index contributed by atoms with van der Waals surface area (Å²) in [7, 11) is 0. The standard InChI is InChI=1S/C15H23BrN2/c1-12(17)15(13-8-4-5-9-14(13)16)18-10-6-2-3-7-11-18/h4-5,8-9,12,15H,2-3,6-7,10-11,17H2,1H3. The molecular formula is C15H23BrN2. The molecule has 2 N–H and O–H groups in total. The third-order valence-corrected chi connectivity index (χ3v) is 4.48. The first kappa shape index (κ1) is 14.0. The number of nitrogens with two attached hydrogens (primary N) is 1. The second-order valence-corrected chi connectivity index (χ2v) is 6.13. The van der Waals surface area contributed by atoms with Crippen molar-refractivity contribution in [3.63, 3.8) is 0 Å². The third kappa shape index (κ3) is 3.34. The van der Waals surface area contributed by atoms with Gasteiger partial charge in [-0.1, -0.05) is 47.0 Å². The minimum atomic E-state index is 0.154. The van der Waals surface area contributed by atoms with E-state index in [1.807, 2.05) is 0 Å². The van der Waals surface area contributed by atoms with Crippen molar-refractivity contribution in [3.05, 3.63) is 34.3 Å². The molecule has 1 saturated heterocycles. The molecule has 1 aromatic rings. The van der Waals surface area contributed by atoms with E-state index in [0.29, 0.717) is 6.04 Å². The maximum absolute atomic E-state index is 6.26. The lowest BCUT2D eigenvalue weighted by Crippen LogP contribution is -2.40. The van der Waals surface area contributed by atoms with Crippen molar-refractivity contribution in [1.29, 1.82) is 0 Å². The molecule has 0 amide bonds. The molecule has 1 heterocycles. The second kappa shape index (κ2) is 6.69. The van der Waals surface area contributed by atoms with Crippen molar-refractivity contribution < 1.29 is 0 Å². The number of likely N-dealkylation sites (tertiary alicyclic amines) is 1. The van der Waals surface area contributed by atoms with Gasteiger partial charge in [0.05, 0.1) is 6.04 Å². The molecule has 0 aliphatic carbocycles. The van der Waals surface area contributed by atoms with Gasteiger partial charge in [-0.3, -0.25) is 4.90 Å². The minimum Gasteiger partial charge on any atom is -0.326 e. The zero-order chi connectivity index (χ0) is 13.0. The normalized spacial score (nSPS) is 21.3. The van der Waals surface area contributed by atoms with Crippen LogP contribution < -0.4 is 5.73 Å². The Bertz CT molecular complexity index is 371. The summed E-state index contributed by atoms with van der Waals surface area (Å²) in [5.41, 5.74) is 7.59. The van der Waals surface area contributed by atoms with Gasteiger partial charge in [-0.05, 0) is 44.5 Å². The Morgan fingerprint density at radius 1 is 1.11 bits per heavy atom. The molecule has 0 aromatic heterocycles. The van der Waals surface area contributed by atoms with Gasteiger partial charge < -0.3 is 5.73 Å². The average Bonchev–Trinajstić information content (AvgIpc) is 2.60. The predicted molar refractivity (Wildman–Crippen MR) is 80.6 cm³/mol. The largest absolute Gasteiger partial charge is 0.326 e. The van der Waals surface area contributed by atoms with Crippen LogP contribution in [0.2, 0.25) is 0 Å². The molecular weight excluding hydrogens is 288 g/mol. The fourth-order valence-corrected chi connectivity index (χ4v) is 3.42. The molecule has 100 valence electrons. The van der Waals surface area contributed by atoms with Crippen LogP contribution >= 0.6 is 15.9 Å². The Hall–Kier alpha value is -0.380. The second-order valence-electron chi connectivity index (χ2n) is 5.28. The van der Waals surface area contributed by atoms with Gasteiger partial charge >= 0.3 is 0 Å². The first-order chi connectivity index (χ1) is 8.70. The molecule has 2 nitrogen and oxygen atoms in total. The molecule has 1 fully saturated rings. The van der Waals surface area contributed by atoms with Gasteiger partial charge in [0.25, 0.3) is 0 Å². The summed E-state index contributed by atoms with van der Waals surface area (Å²) in [6.07, 6.45) is 5.32. The zero-order valence-corrected chi connectivity index (χ0v) is 12.7. The predicted octanol–water partition coefficient (Wildman–Crippen LogP) is 3.71. The number of benzene rings is 1. The first-order valence-electron chi connectivity index (χ1n) is 6.94. The minimum absolute atomic E-state index is 0.154. The summed E-state index contributed by atoms with van der Waals surface area (Å²) in [5.74, 6) is 0. The van der Waals surface area contributed by atoms with Gasteiger partial charge in [0.2, 0.25) is 0 Å². The summed E-state index contributed by atoms with van der Waals surface area (Å²) in [4.78, 5) is 2.57. The van der Waals surface area contributed by atoms with Gasteiger partial charge in [-0.2, -0.15) is 0 Å². The third-order valence-electron chi connectivity index (χ3n) is 3.76. The lowest BCUT2D eigenvalue weighted by Gasteiger charge is -2.34. The maximum Gasteiger partial charge on any atom is 0.0507 e. The van der Waals surface area contributed by atoms with Crippen LogP contribution in [0.1, 0.15) is 44.2 Å². The molecule has 1 aromatic carbocycles. The Morgan fingerprint density at radius 3 is 2.28 bits per heavy atom. The number of hydrogen-bond donors (Lipinski definition) is 1. The molecule has 0 saturated carbocycles. The van der Waals surface area contributed by atoms with Crippen molar-refractivity contribution in [2.45, 2.75) is 44.7 Å². The van der Waals surface area contributed by atoms with E-state index >= 15 is 0 Å². The van der Waals surface area contributed by atoms with Gasteiger partial charge in [0.1, 0.15) is 0 Å². The van der Waals surface area contributed by atoms with Crippen molar-refractivity contribution >= 4 is 15.9 Å². The highest BCUT2D eigenvalue weighted by Crippen LogP contribution is 2.31. The molecule has 2 atom stereocenters. The summed E-state index contributed by atoms with van der Waals surface area (Å²) in [6.45, 7) is 4.47. The molecule has 0 radical (unpaired) electrons. The molecule has 2 rings (SSSR count). The monoisotopic (exact) mass is 310 g/mol. The zero-order valence-electron chi connectivity index (χ0n) is 11.1. The van der Waals surface area contributed by atoms with Crippen molar-refractivity contribution in [2.75, 3.05) is 13.1 Å². The van der Waals surface area contributed by atoms with E-state index in [1.165, 1.54) is 48.8 Å². The first-order valence-corrected chi connectivity index (χ1v) is 7.73. The highest BCUT2D eigenvalue weighted by Gasteiger charge is 2.25. The van der Waals surface area contributed by atoms with Crippen LogP contribution in [0, 0.1) is 0 Å². The fourth-order valence-electron chi connectivity index (χ4n) is 2.90. The number of rotatable bonds is 3. The van der Waals surface area contributed by atoms with E-state index in [0.717, 1.165) is 0 Å². The Labute approximate surface area is 119 Å². The van der Waals surface area contributed by atoms with Crippen LogP contribution in [0.3, 0.4) is 0 Å². The summed E-state index contributed by atoms with van der Waals surface area (Å²) >= 11 is 3.67. The van der Waals surface area contributed by atoms with E-state index in [1.54, 1.807) is 0 Å². The van der Waals surface area contributed by atoms with E-state index in [9.17, 15) is 0 Å². The van der Waals surface area contributed by atoms with Gasteiger partial charge in [-0.15, -0.1) is 0 Å². The lowest BCUT2D eigenvalue weighted by atomic mass is 9.99. The highest BCUT2D eigenvalue weighted by atomic mass is 79.9. The van der Waals surface area contributed by atoms with E-state index in [4.69, 9.17) is 5.73 Å². The van der Waals surface area contributed by atoms with Crippen molar-refractivity contribution in [2.24, 2.45) is 5.73 Å². The smallest absolute Gasteiger partial charge is 0.0507 e. The Morgan fingerprint density at radius 2 is 1.72 bits per heavy atom. The van der Waals surface area contributed by atoms with Crippen LogP contribution in [0.5, 0.6) is 0 Å². The summed E-state index contributed by atoms with van der Waals surface area (Å²) < 4.78 is 1.18. The number of halogens is 1. The molecule has 0 bridgehead atoms. The SMILES string of the molecule is CC(N)C(c1ccccc1Br)N1CCCCCC1. The fraction of sp³-hybridized carbons (Fsp3) is 0.600. The maximum atomic E-state index is 6.26. The van der Waals surface area contributed by atoms with Crippen molar-refractivity contribution in [3.8, 4) is 0 Å². The molecule has 18 heavy (non-hydrogen) atoms. The van der Waals surface area contributed by atoms with Crippen LogP contribution in [-0.2, 0) is 0 Å². The van der Waals surface area contributed by atoms with E-state index < -0.39 is 0 Å². The summed E-state index contributed by atoms with van der Waals surface area (Å²) in [5, 5.41) is 0. The van der Waals surface area contributed by atoms with Crippen LogP contribution in [0.4, 0.5) is 0 Å². The number of nitrogens with zero attached hydrogens (tertiary/aromatic N) is 1. The molecule has 0 spiro atoms. The Kier molecular flexibility index (Phi) is 5.22. The topological polar surface area (TPSA) is 29.3 Å². The van der Waals surface area contributed by atoms with E-state index in [2.05, 4.69) is 52.0 Å². The molecule has 1 aliphatic heterocycles. The van der Waals surface area contributed by atoms with Gasteiger partial charge in [0, 0.05) is 10.5 Å². The van der Waals surface area contributed by atoms with Gasteiger partial charge in [0.15, 0.2) is 0 Å². The quantitative estimate of drug-likeness (QED) is 0.922. The molecule has 1 aliphatic rings. The highest BCUT2D eigenvalue weighted by molar-refractivity contribution is 9.10. The van der Waals surface area contributed by atoms with Gasteiger partial charge in [-0.25, -0.2) is 0 Å². The van der Waals surface area contributed by atoms with Crippen LogP contribution in [0.15, 0.2) is 28.7 Å². The molecule has 2 unspecified atom stereocenters. The van der Waals surface area contributed by atoms with E-state index in [-0.39, 0.29) is 6.04 Å². The average molecular weight is 311 g/mol.